The van der Waals surface area contributed by atoms with Crippen molar-refractivity contribution in [3.8, 4) is 0 Å². The van der Waals surface area contributed by atoms with Gasteiger partial charge < -0.3 is 10.4 Å². The van der Waals surface area contributed by atoms with E-state index < -0.39 is 5.60 Å². The van der Waals surface area contributed by atoms with Crippen LogP contribution in [-0.2, 0) is 0 Å². The molecule has 2 aliphatic rings. The van der Waals surface area contributed by atoms with Gasteiger partial charge in [0.15, 0.2) is 0 Å². The van der Waals surface area contributed by atoms with Crippen LogP contribution in [0.4, 0.5) is 0 Å². The number of rotatable bonds is 4. The van der Waals surface area contributed by atoms with E-state index in [4.69, 9.17) is 0 Å². The average Bonchev–Trinajstić information content (AvgIpc) is 2.71. The summed E-state index contributed by atoms with van der Waals surface area (Å²) in [5.41, 5.74) is -0.560. The van der Waals surface area contributed by atoms with Crippen LogP contribution in [0.25, 0.3) is 0 Å². The second kappa shape index (κ2) is 5.65. The maximum Gasteiger partial charge on any atom is 0.0718 e. The Morgan fingerprint density at radius 1 is 1.18 bits per heavy atom. The van der Waals surface area contributed by atoms with E-state index in [1.54, 1.807) is 0 Å². The van der Waals surface area contributed by atoms with Crippen LogP contribution in [0.5, 0.6) is 0 Å². The molecule has 17 heavy (non-hydrogen) atoms. The van der Waals surface area contributed by atoms with Crippen molar-refractivity contribution in [2.75, 3.05) is 45.8 Å². The van der Waals surface area contributed by atoms with E-state index in [0.717, 1.165) is 38.8 Å². The predicted octanol–water partition coefficient (Wildman–Crippen LogP) is 0.127. The number of piperazine rings is 1. The molecule has 2 N–H and O–H groups in total. The van der Waals surface area contributed by atoms with Crippen molar-refractivity contribution < 1.29 is 5.11 Å². The topological polar surface area (TPSA) is 38.7 Å². The van der Waals surface area contributed by atoms with Crippen LogP contribution >= 0.6 is 0 Å². The Balaban J connectivity index is 1.67. The lowest BCUT2D eigenvalue weighted by Gasteiger charge is -2.38. The molecule has 4 nitrogen and oxygen atoms in total. The molecule has 0 aromatic rings. The summed E-state index contributed by atoms with van der Waals surface area (Å²) in [6, 6.07) is 0.718. The molecule has 0 amide bonds. The SMILES string of the molecule is CC(C)(O)CN1CCN(C[C@H]2CCCN2)CC1. The third-order valence-electron chi connectivity index (χ3n) is 3.72. The van der Waals surface area contributed by atoms with Gasteiger partial charge in [-0.1, -0.05) is 0 Å². The van der Waals surface area contributed by atoms with E-state index in [2.05, 4.69) is 15.1 Å². The summed E-state index contributed by atoms with van der Waals surface area (Å²) in [6.07, 6.45) is 2.67. The van der Waals surface area contributed by atoms with Gasteiger partial charge in [0, 0.05) is 45.3 Å². The maximum absolute atomic E-state index is 9.80. The molecule has 4 heteroatoms. The van der Waals surface area contributed by atoms with Crippen molar-refractivity contribution in [2.45, 2.75) is 38.3 Å². The number of nitrogens with zero attached hydrogens (tertiary/aromatic N) is 2. The second-order valence-corrected chi connectivity index (χ2v) is 6.18. The highest BCUT2D eigenvalue weighted by Crippen LogP contribution is 2.11. The van der Waals surface area contributed by atoms with Gasteiger partial charge in [0.05, 0.1) is 5.60 Å². The van der Waals surface area contributed by atoms with Crippen LogP contribution in [0.15, 0.2) is 0 Å². The molecule has 2 fully saturated rings. The predicted molar refractivity (Wildman–Crippen MR) is 70.2 cm³/mol. The first kappa shape index (κ1) is 13.3. The maximum atomic E-state index is 9.80. The van der Waals surface area contributed by atoms with E-state index in [9.17, 15) is 5.11 Å². The van der Waals surface area contributed by atoms with Gasteiger partial charge in [-0.25, -0.2) is 0 Å². The first-order valence-corrected chi connectivity index (χ1v) is 6.93. The molecule has 0 unspecified atom stereocenters. The highest BCUT2D eigenvalue weighted by molar-refractivity contribution is 4.82. The van der Waals surface area contributed by atoms with Gasteiger partial charge in [-0.2, -0.15) is 0 Å². The normalized spacial score (nSPS) is 28.8. The molecule has 0 aromatic carbocycles. The number of nitrogens with one attached hydrogen (secondary N) is 1. The van der Waals surface area contributed by atoms with Crippen LogP contribution in [-0.4, -0.2) is 72.4 Å². The Labute approximate surface area is 105 Å². The lowest BCUT2D eigenvalue weighted by Crippen LogP contribution is -2.52. The fourth-order valence-corrected chi connectivity index (χ4v) is 2.90. The van der Waals surface area contributed by atoms with E-state index in [-0.39, 0.29) is 0 Å². The van der Waals surface area contributed by atoms with Crippen LogP contribution in [0.3, 0.4) is 0 Å². The van der Waals surface area contributed by atoms with Gasteiger partial charge in [0.1, 0.15) is 0 Å². The van der Waals surface area contributed by atoms with E-state index in [0.29, 0.717) is 0 Å². The number of β-amino-alcohol motifs (C(OH)–C–C–N with tert-alkyl or cyclic N) is 1. The van der Waals surface area contributed by atoms with Gasteiger partial charge in [-0.05, 0) is 33.2 Å². The van der Waals surface area contributed by atoms with E-state index >= 15 is 0 Å². The fraction of sp³-hybridized carbons (Fsp3) is 1.00. The van der Waals surface area contributed by atoms with Gasteiger partial charge in [0.25, 0.3) is 0 Å². The molecule has 0 radical (unpaired) electrons. The molecule has 0 saturated carbocycles. The van der Waals surface area contributed by atoms with Crippen molar-refractivity contribution in [2.24, 2.45) is 0 Å². The summed E-state index contributed by atoms with van der Waals surface area (Å²) >= 11 is 0. The summed E-state index contributed by atoms with van der Waals surface area (Å²) in [6.45, 7) is 11.5. The van der Waals surface area contributed by atoms with Crippen molar-refractivity contribution in [1.29, 1.82) is 0 Å². The zero-order valence-electron chi connectivity index (χ0n) is 11.3. The summed E-state index contributed by atoms with van der Waals surface area (Å²) in [4.78, 5) is 4.93. The molecule has 0 aromatic heterocycles. The van der Waals surface area contributed by atoms with Crippen molar-refractivity contribution in [3.63, 3.8) is 0 Å². The third-order valence-corrected chi connectivity index (χ3v) is 3.72. The Hall–Kier alpha value is -0.160. The molecule has 100 valence electrons. The fourth-order valence-electron chi connectivity index (χ4n) is 2.90. The van der Waals surface area contributed by atoms with Crippen LogP contribution in [0, 0.1) is 0 Å². The molecule has 2 aliphatic heterocycles. The van der Waals surface area contributed by atoms with Crippen molar-refractivity contribution in [3.05, 3.63) is 0 Å². The van der Waals surface area contributed by atoms with Gasteiger partial charge in [-0.15, -0.1) is 0 Å². The molecular weight excluding hydrogens is 214 g/mol. The molecule has 1 atom stereocenters. The van der Waals surface area contributed by atoms with Crippen LogP contribution in [0.2, 0.25) is 0 Å². The minimum absolute atomic E-state index is 0.560. The summed E-state index contributed by atoms with van der Waals surface area (Å²) in [5, 5.41) is 13.4. The first-order chi connectivity index (χ1) is 8.03. The molecule has 2 saturated heterocycles. The van der Waals surface area contributed by atoms with Crippen LogP contribution < -0.4 is 5.32 Å². The largest absolute Gasteiger partial charge is 0.389 e. The summed E-state index contributed by atoms with van der Waals surface area (Å²) in [7, 11) is 0. The zero-order chi connectivity index (χ0) is 12.3. The Morgan fingerprint density at radius 2 is 1.82 bits per heavy atom. The third kappa shape index (κ3) is 4.54. The number of aliphatic hydroxyl groups is 1. The minimum atomic E-state index is -0.560. The first-order valence-electron chi connectivity index (χ1n) is 6.93. The van der Waals surface area contributed by atoms with Crippen molar-refractivity contribution >= 4 is 0 Å². The molecule has 2 rings (SSSR count). The number of hydrogen-bond donors (Lipinski definition) is 2. The monoisotopic (exact) mass is 241 g/mol. The second-order valence-electron chi connectivity index (χ2n) is 6.18. The Morgan fingerprint density at radius 3 is 2.35 bits per heavy atom. The minimum Gasteiger partial charge on any atom is -0.389 e. The van der Waals surface area contributed by atoms with Gasteiger partial charge >= 0.3 is 0 Å². The standard InChI is InChI=1S/C13H27N3O/c1-13(2,17)11-16-8-6-15(7-9-16)10-12-4-3-5-14-12/h12,14,17H,3-11H2,1-2H3/t12-/m1/s1. The summed E-state index contributed by atoms with van der Waals surface area (Å²) < 4.78 is 0. The summed E-state index contributed by atoms with van der Waals surface area (Å²) in [5.74, 6) is 0. The van der Waals surface area contributed by atoms with Gasteiger partial charge in [-0.3, -0.25) is 9.80 Å². The average molecular weight is 241 g/mol. The van der Waals surface area contributed by atoms with Gasteiger partial charge in [0.2, 0.25) is 0 Å². The Bertz CT molecular complexity index is 225. The molecular formula is C13H27N3O. The molecule has 0 aliphatic carbocycles. The zero-order valence-corrected chi connectivity index (χ0v) is 11.3. The lowest BCUT2D eigenvalue weighted by molar-refractivity contribution is 0.0168. The molecule has 2 heterocycles. The Kier molecular flexibility index (Phi) is 4.42. The highest BCUT2D eigenvalue weighted by atomic mass is 16.3. The van der Waals surface area contributed by atoms with Crippen molar-refractivity contribution in [1.82, 2.24) is 15.1 Å². The lowest BCUT2D eigenvalue weighted by atomic mass is 10.1. The van der Waals surface area contributed by atoms with Crippen LogP contribution in [0.1, 0.15) is 26.7 Å². The molecule has 0 bridgehead atoms. The quantitative estimate of drug-likeness (QED) is 0.734. The smallest absolute Gasteiger partial charge is 0.0718 e. The van der Waals surface area contributed by atoms with E-state index in [1.165, 1.54) is 25.9 Å². The molecule has 0 spiro atoms. The van der Waals surface area contributed by atoms with E-state index in [1.807, 2.05) is 13.8 Å². The number of hydrogen-bond acceptors (Lipinski definition) is 4. The highest BCUT2D eigenvalue weighted by Gasteiger charge is 2.24.